The van der Waals surface area contributed by atoms with Crippen molar-refractivity contribution in [1.82, 2.24) is 4.98 Å². The van der Waals surface area contributed by atoms with Gasteiger partial charge in [-0.2, -0.15) is 5.26 Å². The third-order valence-electron chi connectivity index (χ3n) is 3.77. The van der Waals surface area contributed by atoms with Crippen molar-refractivity contribution in [2.24, 2.45) is 0 Å². The summed E-state index contributed by atoms with van der Waals surface area (Å²) in [4.78, 5) is 4.21. The molecule has 1 saturated heterocycles. The monoisotopic (exact) mass is 309 g/mol. The van der Waals surface area contributed by atoms with Crippen LogP contribution in [0.4, 0.5) is 11.5 Å². The highest BCUT2D eigenvalue weighted by atomic mass is 16.5. The average molecular weight is 309 g/mol. The molecule has 1 N–H and O–H groups in total. The van der Waals surface area contributed by atoms with E-state index in [4.69, 9.17) is 14.7 Å². The number of anilines is 2. The van der Waals surface area contributed by atoms with Crippen molar-refractivity contribution in [2.75, 3.05) is 18.5 Å². The van der Waals surface area contributed by atoms with Crippen LogP contribution in [0.1, 0.15) is 24.1 Å². The topological polar surface area (TPSA) is 67.2 Å². The summed E-state index contributed by atoms with van der Waals surface area (Å²) < 4.78 is 11.4. The van der Waals surface area contributed by atoms with Crippen molar-refractivity contribution in [1.29, 1.82) is 5.26 Å². The van der Waals surface area contributed by atoms with E-state index in [1.807, 2.05) is 43.3 Å². The molecule has 5 heteroatoms. The van der Waals surface area contributed by atoms with Crippen LogP contribution in [0.2, 0.25) is 0 Å². The Hall–Kier alpha value is -2.58. The fourth-order valence-electron chi connectivity index (χ4n) is 2.55. The summed E-state index contributed by atoms with van der Waals surface area (Å²) in [5.41, 5.74) is 2.38. The lowest BCUT2D eigenvalue weighted by Gasteiger charge is -2.24. The number of pyridine rings is 1. The molecular weight excluding hydrogens is 290 g/mol. The molecule has 0 unspecified atom stereocenters. The molecule has 0 spiro atoms. The van der Waals surface area contributed by atoms with E-state index < -0.39 is 0 Å². The van der Waals surface area contributed by atoms with Crippen molar-refractivity contribution < 1.29 is 9.47 Å². The molecule has 2 aromatic rings. The summed E-state index contributed by atoms with van der Waals surface area (Å²) in [6.45, 7) is 3.56. The molecule has 0 aliphatic carbocycles. The molecule has 1 aliphatic rings. The van der Waals surface area contributed by atoms with E-state index in [0.717, 1.165) is 43.1 Å². The van der Waals surface area contributed by atoms with Gasteiger partial charge in [-0.25, -0.2) is 4.98 Å². The Morgan fingerprint density at radius 1 is 1.26 bits per heavy atom. The Morgan fingerprint density at radius 2 is 2.09 bits per heavy atom. The maximum absolute atomic E-state index is 8.90. The molecule has 0 radical (unpaired) electrons. The van der Waals surface area contributed by atoms with Gasteiger partial charge in [0.15, 0.2) is 0 Å². The molecule has 1 aromatic heterocycles. The normalized spacial score (nSPS) is 15.0. The highest BCUT2D eigenvalue weighted by Gasteiger charge is 2.16. The van der Waals surface area contributed by atoms with Gasteiger partial charge < -0.3 is 14.8 Å². The lowest BCUT2D eigenvalue weighted by Crippen LogP contribution is -2.26. The number of ether oxygens (including phenoxy) is 2. The fourth-order valence-corrected chi connectivity index (χ4v) is 2.55. The van der Waals surface area contributed by atoms with Gasteiger partial charge in [-0.15, -0.1) is 0 Å². The number of aryl methyl sites for hydroxylation is 1. The Kier molecular flexibility index (Phi) is 4.74. The van der Waals surface area contributed by atoms with Gasteiger partial charge in [0.2, 0.25) is 0 Å². The average Bonchev–Trinajstić information content (AvgIpc) is 2.58. The van der Waals surface area contributed by atoms with Crippen LogP contribution in [0.3, 0.4) is 0 Å². The van der Waals surface area contributed by atoms with Gasteiger partial charge >= 0.3 is 0 Å². The first-order valence-electron chi connectivity index (χ1n) is 7.74. The molecule has 1 aromatic carbocycles. The first kappa shape index (κ1) is 15.3. The van der Waals surface area contributed by atoms with Crippen molar-refractivity contribution in [3.8, 4) is 11.8 Å². The second-order valence-electron chi connectivity index (χ2n) is 5.55. The van der Waals surface area contributed by atoms with E-state index in [1.54, 1.807) is 6.07 Å². The molecule has 0 saturated carbocycles. The molecule has 0 amide bonds. The highest BCUT2D eigenvalue weighted by molar-refractivity contribution is 5.59. The third-order valence-corrected chi connectivity index (χ3v) is 3.77. The molecule has 1 aliphatic heterocycles. The van der Waals surface area contributed by atoms with Gasteiger partial charge in [0.05, 0.1) is 13.2 Å². The quantitative estimate of drug-likeness (QED) is 0.935. The van der Waals surface area contributed by atoms with E-state index in [0.29, 0.717) is 11.5 Å². The largest absolute Gasteiger partial charge is 0.490 e. The smallest absolute Gasteiger partial charge is 0.142 e. The lowest BCUT2D eigenvalue weighted by molar-refractivity contribution is 0.0253. The van der Waals surface area contributed by atoms with E-state index in [-0.39, 0.29) is 6.10 Å². The summed E-state index contributed by atoms with van der Waals surface area (Å²) in [6.07, 6.45) is 2.10. The summed E-state index contributed by atoms with van der Waals surface area (Å²) >= 11 is 0. The molecular formula is C18H19N3O2. The minimum absolute atomic E-state index is 0.232. The molecule has 23 heavy (non-hydrogen) atoms. The van der Waals surface area contributed by atoms with Crippen LogP contribution in [0.25, 0.3) is 0 Å². The maximum atomic E-state index is 8.90. The molecule has 118 valence electrons. The summed E-state index contributed by atoms with van der Waals surface area (Å²) in [6, 6.07) is 13.3. The fraction of sp³-hybridized carbons (Fsp3) is 0.333. The molecule has 3 rings (SSSR count). The van der Waals surface area contributed by atoms with E-state index in [9.17, 15) is 0 Å². The van der Waals surface area contributed by atoms with E-state index >= 15 is 0 Å². The summed E-state index contributed by atoms with van der Waals surface area (Å²) in [5.74, 6) is 1.56. The van der Waals surface area contributed by atoms with Crippen molar-refractivity contribution in [3.63, 3.8) is 0 Å². The summed E-state index contributed by atoms with van der Waals surface area (Å²) in [7, 11) is 0. The number of aromatic nitrogens is 1. The van der Waals surface area contributed by atoms with Gasteiger partial charge in [-0.3, -0.25) is 0 Å². The highest BCUT2D eigenvalue weighted by Crippen LogP contribution is 2.26. The second-order valence-corrected chi connectivity index (χ2v) is 5.55. The first-order chi connectivity index (χ1) is 11.2. The van der Waals surface area contributed by atoms with Crippen LogP contribution in [-0.4, -0.2) is 24.3 Å². The predicted molar refractivity (Wildman–Crippen MR) is 87.9 cm³/mol. The number of rotatable bonds is 4. The number of nitrogens with zero attached hydrogens (tertiary/aromatic N) is 2. The SMILES string of the molecule is Cc1cc(Nc2cccc(C#N)n2)ccc1OC1CCOCC1. The van der Waals surface area contributed by atoms with Crippen LogP contribution < -0.4 is 10.1 Å². The zero-order chi connectivity index (χ0) is 16.1. The number of hydrogen-bond donors (Lipinski definition) is 1. The van der Waals surface area contributed by atoms with Crippen LogP contribution in [0.15, 0.2) is 36.4 Å². The number of benzene rings is 1. The Labute approximate surface area is 135 Å². The van der Waals surface area contributed by atoms with E-state index in [2.05, 4.69) is 10.3 Å². The Bertz CT molecular complexity index is 718. The molecule has 1 fully saturated rings. The Morgan fingerprint density at radius 3 is 2.83 bits per heavy atom. The van der Waals surface area contributed by atoms with Crippen molar-refractivity contribution in [2.45, 2.75) is 25.9 Å². The second kappa shape index (κ2) is 7.12. The van der Waals surface area contributed by atoms with Gasteiger partial charge in [-0.05, 0) is 42.8 Å². The summed E-state index contributed by atoms with van der Waals surface area (Å²) in [5, 5.41) is 12.1. The number of hydrogen-bond acceptors (Lipinski definition) is 5. The molecule has 5 nitrogen and oxygen atoms in total. The Balaban J connectivity index is 1.69. The van der Waals surface area contributed by atoms with Crippen LogP contribution in [0, 0.1) is 18.3 Å². The molecule has 0 atom stereocenters. The van der Waals surface area contributed by atoms with E-state index in [1.165, 1.54) is 0 Å². The minimum atomic E-state index is 0.232. The zero-order valence-electron chi connectivity index (χ0n) is 13.1. The van der Waals surface area contributed by atoms with Crippen LogP contribution >= 0.6 is 0 Å². The number of nitriles is 1. The third kappa shape index (κ3) is 3.99. The standard InChI is InChI=1S/C18H19N3O2/c1-13-11-14(20-18-4-2-3-15(12-19)21-18)5-6-17(13)23-16-7-9-22-10-8-16/h2-6,11,16H,7-10H2,1H3,(H,20,21). The van der Waals surface area contributed by atoms with Gasteiger partial charge in [0, 0.05) is 18.5 Å². The number of nitrogens with one attached hydrogen (secondary N) is 1. The maximum Gasteiger partial charge on any atom is 0.142 e. The predicted octanol–water partition coefficient (Wildman–Crippen LogP) is 3.56. The van der Waals surface area contributed by atoms with Gasteiger partial charge in [0.25, 0.3) is 0 Å². The first-order valence-corrected chi connectivity index (χ1v) is 7.74. The van der Waals surface area contributed by atoms with Crippen LogP contribution in [0.5, 0.6) is 5.75 Å². The van der Waals surface area contributed by atoms with Crippen molar-refractivity contribution >= 4 is 11.5 Å². The lowest BCUT2D eigenvalue weighted by atomic mass is 10.1. The van der Waals surface area contributed by atoms with Gasteiger partial charge in [0.1, 0.15) is 29.4 Å². The molecule has 2 heterocycles. The van der Waals surface area contributed by atoms with Crippen LogP contribution in [-0.2, 0) is 4.74 Å². The van der Waals surface area contributed by atoms with Gasteiger partial charge in [-0.1, -0.05) is 6.07 Å². The van der Waals surface area contributed by atoms with Crippen molar-refractivity contribution in [3.05, 3.63) is 47.7 Å². The molecule has 0 bridgehead atoms. The minimum Gasteiger partial charge on any atom is -0.490 e. The zero-order valence-corrected chi connectivity index (χ0v) is 13.1.